The molecule has 0 bridgehead atoms. The van der Waals surface area contributed by atoms with Gasteiger partial charge in [0.25, 0.3) is 0 Å². The van der Waals surface area contributed by atoms with Crippen LogP contribution in [0.15, 0.2) is 109 Å². The predicted octanol–water partition coefficient (Wildman–Crippen LogP) is 24.6. The second-order valence-corrected chi connectivity index (χ2v) is 28.1. The van der Waals surface area contributed by atoms with E-state index in [1.54, 1.807) is 0 Å². The number of amides is 1. The zero-order chi connectivity index (χ0) is 64.8. The van der Waals surface area contributed by atoms with Gasteiger partial charge in [0.15, 0.2) is 0 Å². The van der Waals surface area contributed by atoms with Gasteiger partial charge in [0, 0.05) is 6.42 Å². The molecule has 516 valence electrons. The van der Waals surface area contributed by atoms with E-state index in [4.69, 9.17) is 9.05 Å². The van der Waals surface area contributed by atoms with Gasteiger partial charge >= 0.3 is 7.82 Å². The van der Waals surface area contributed by atoms with Gasteiger partial charge in [-0.3, -0.25) is 13.8 Å². The van der Waals surface area contributed by atoms with Crippen LogP contribution < -0.4 is 5.32 Å². The number of carbonyl (C=O) groups excluding carboxylic acids is 1. The molecular formula is C80H146N2O6P+. The maximum absolute atomic E-state index is 13.1. The third-order valence-electron chi connectivity index (χ3n) is 16.8. The molecule has 0 heterocycles. The van der Waals surface area contributed by atoms with Crippen molar-refractivity contribution in [3.63, 3.8) is 0 Å². The number of nitrogens with one attached hydrogen (secondary N) is 1. The molecule has 0 aromatic rings. The molecule has 3 unspecified atom stereocenters. The van der Waals surface area contributed by atoms with Gasteiger partial charge in [-0.05, 0) is 83.5 Å². The van der Waals surface area contributed by atoms with E-state index < -0.39 is 20.0 Å². The van der Waals surface area contributed by atoms with E-state index >= 15 is 0 Å². The second kappa shape index (κ2) is 69.5. The quantitative estimate of drug-likeness (QED) is 0.0243. The molecular weight excluding hydrogens is 1120 g/mol. The van der Waals surface area contributed by atoms with Gasteiger partial charge in [-0.1, -0.05) is 361 Å². The summed E-state index contributed by atoms with van der Waals surface area (Å²) in [5, 5.41) is 14.2. The van der Waals surface area contributed by atoms with Crippen LogP contribution in [0, 0.1) is 0 Å². The van der Waals surface area contributed by atoms with Gasteiger partial charge in [-0.25, -0.2) is 4.57 Å². The summed E-state index contributed by atoms with van der Waals surface area (Å²) in [6.45, 7) is 4.80. The first-order chi connectivity index (χ1) is 43.5. The number of quaternary nitrogens is 1. The molecule has 3 atom stereocenters. The van der Waals surface area contributed by atoms with Gasteiger partial charge in [0.1, 0.15) is 13.2 Å². The number of phosphoric ester groups is 1. The van der Waals surface area contributed by atoms with Crippen molar-refractivity contribution in [1.82, 2.24) is 5.32 Å². The Hall–Kier alpha value is -2.84. The van der Waals surface area contributed by atoms with E-state index in [-0.39, 0.29) is 19.1 Å². The van der Waals surface area contributed by atoms with Crippen molar-refractivity contribution in [2.45, 2.75) is 353 Å². The fourth-order valence-corrected chi connectivity index (χ4v) is 11.7. The first-order valence-electron chi connectivity index (χ1n) is 37.8. The average Bonchev–Trinajstić information content (AvgIpc) is 3.64. The minimum Gasteiger partial charge on any atom is -0.391 e. The zero-order valence-electron chi connectivity index (χ0n) is 59.2. The van der Waals surface area contributed by atoms with Crippen molar-refractivity contribution in [3.8, 4) is 0 Å². The molecule has 0 aliphatic carbocycles. The molecule has 8 nitrogen and oxygen atoms in total. The molecule has 0 aromatic carbocycles. The number of phosphoric acid groups is 1. The Morgan fingerprint density at radius 3 is 0.989 bits per heavy atom. The number of hydrogen-bond donors (Lipinski definition) is 3. The van der Waals surface area contributed by atoms with Gasteiger partial charge in [-0.2, -0.15) is 0 Å². The Morgan fingerprint density at radius 2 is 0.674 bits per heavy atom. The van der Waals surface area contributed by atoms with E-state index in [9.17, 15) is 19.4 Å². The lowest BCUT2D eigenvalue weighted by molar-refractivity contribution is -0.870. The molecule has 89 heavy (non-hydrogen) atoms. The lowest BCUT2D eigenvalue weighted by Gasteiger charge is -2.26. The van der Waals surface area contributed by atoms with E-state index in [1.807, 2.05) is 21.1 Å². The minimum absolute atomic E-state index is 0.0677. The number of allylic oxidation sites excluding steroid dienone is 18. The fourth-order valence-electron chi connectivity index (χ4n) is 11.0. The number of likely N-dealkylation sites (N-methyl/N-ethyl adjacent to an activating group) is 1. The summed E-state index contributed by atoms with van der Waals surface area (Å²) in [5.41, 5.74) is 0. The van der Waals surface area contributed by atoms with Crippen LogP contribution in [-0.4, -0.2) is 73.4 Å². The SMILES string of the molecule is CC/C=C\C/C=C\C/C=C\C/C=C\C/C=C\C/C=C\C/C=C\C/C=C\C/C=C\CCCCCCCCCC(=O)NC(COP(=O)(O)OCC[N+](C)(C)C)C(O)CCCCCCCCCCCCCCCCCCCCCCCCCCCCCCCCCC. The molecule has 0 aliphatic rings. The smallest absolute Gasteiger partial charge is 0.391 e. The molecule has 0 spiro atoms. The second-order valence-electron chi connectivity index (χ2n) is 26.7. The Bertz CT molecular complexity index is 1820. The van der Waals surface area contributed by atoms with E-state index in [0.29, 0.717) is 23.9 Å². The maximum Gasteiger partial charge on any atom is 0.472 e. The summed E-state index contributed by atoms with van der Waals surface area (Å²) in [5.74, 6) is -0.155. The minimum atomic E-state index is -4.34. The molecule has 1 amide bonds. The number of rotatable bonds is 69. The van der Waals surface area contributed by atoms with Crippen LogP contribution in [-0.2, 0) is 18.4 Å². The summed E-state index contributed by atoms with van der Waals surface area (Å²) in [7, 11) is 1.60. The highest BCUT2D eigenvalue weighted by molar-refractivity contribution is 7.47. The van der Waals surface area contributed by atoms with E-state index in [0.717, 1.165) is 109 Å². The fraction of sp³-hybridized carbons (Fsp3) is 0.762. The molecule has 0 rings (SSSR count). The van der Waals surface area contributed by atoms with Crippen molar-refractivity contribution in [2.75, 3.05) is 40.9 Å². The standard InChI is InChI=1S/C80H145N2O6P/c1-6-8-10-12-14-16-18-20-22-24-26-28-30-32-34-36-38-40-41-42-44-46-48-50-52-54-56-58-60-62-64-66-68-70-72-74-80(84)81-78(77-88-89(85,86)87-76-75-82(3,4)5)79(83)73-71-69-67-65-63-61-59-57-55-53-51-49-47-45-43-39-37-35-33-31-29-27-25-23-21-19-17-15-13-11-9-7-2/h8,10,14,16,20,22,26,28,32,34,38,40,42,44,48,50,54,56,78-79,83H,6-7,9,11-13,15,17-19,21,23-25,27,29-31,33,35-37,39,41,43,45-47,49,51-53,55,57-77H2,1-5H3,(H-,81,84,85,86)/p+1/b10-8-,16-14-,22-20-,28-26-,34-32-,40-38-,44-42-,50-48-,56-54-. The summed E-state index contributed by atoms with van der Waals surface area (Å²) < 4.78 is 23.9. The van der Waals surface area contributed by atoms with Gasteiger partial charge < -0.3 is 19.8 Å². The lowest BCUT2D eigenvalue weighted by Crippen LogP contribution is -2.46. The summed E-state index contributed by atoms with van der Waals surface area (Å²) >= 11 is 0. The first kappa shape index (κ1) is 86.2. The van der Waals surface area contributed by atoms with Crippen LogP contribution in [0.3, 0.4) is 0 Å². The highest BCUT2D eigenvalue weighted by atomic mass is 31.2. The molecule has 0 aliphatic heterocycles. The van der Waals surface area contributed by atoms with Crippen LogP contribution in [0.2, 0.25) is 0 Å². The number of hydrogen-bond acceptors (Lipinski definition) is 5. The third kappa shape index (κ3) is 72.4. The molecule has 0 saturated carbocycles. The number of aliphatic hydroxyl groups excluding tert-OH is 1. The number of aliphatic hydroxyl groups is 1. The van der Waals surface area contributed by atoms with Crippen LogP contribution >= 0.6 is 7.82 Å². The monoisotopic (exact) mass is 1260 g/mol. The Labute approximate surface area is 552 Å². The summed E-state index contributed by atoms with van der Waals surface area (Å²) in [4.78, 5) is 23.5. The number of unbranched alkanes of at least 4 members (excludes halogenated alkanes) is 38. The predicted molar refractivity (Wildman–Crippen MR) is 392 cm³/mol. The van der Waals surface area contributed by atoms with E-state index in [2.05, 4.69) is 129 Å². The Balaban J connectivity index is 4.07. The number of carbonyl (C=O) groups is 1. The zero-order valence-corrected chi connectivity index (χ0v) is 60.0. The summed E-state index contributed by atoms with van der Waals surface area (Å²) in [6, 6.07) is -0.777. The highest BCUT2D eigenvalue weighted by Gasteiger charge is 2.28. The normalized spacial score (nSPS) is 14.2. The molecule has 0 radical (unpaired) electrons. The van der Waals surface area contributed by atoms with Gasteiger partial charge in [0.05, 0.1) is 39.9 Å². The molecule has 3 N–H and O–H groups in total. The van der Waals surface area contributed by atoms with Crippen molar-refractivity contribution >= 4 is 13.7 Å². The van der Waals surface area contributed by atoms with Crippen LogP contribution in [0.25, 0.3) is 0 Å². The van der Waals surface area contributed by atoms with Crippen molar-refractivity contribution in [3.05, 3.63) is 109 Å². The van der Waals surface area contributed by atoms with Crippen LogP contribution in [0.5, 0.6) is 0 Å². The molecule has 0 fully saturated rings. The van der Waals surface area contributed by atoms with Gasteiger partial charge in [0.2, 0.25) is 5.91 Å². The molecule has 0 aromatic heterocycles. The molecule has 0 saturated heterocycles. The highest BCUT2D eigenvalue weighted by Crippen LogP contribution is 2.43. The largest absolute Gasteiger partial charge is 0.472 e. The van der Waals surface area contributed by atoms with Crippen molar-refractivity contribution in [2.24, 2.45) is 0 Å². The van der Waals surface area contributed by atoms with Crippen LogP contribution in [0.1, 0.15) is 341 Å². The Morgan fingerprint density at radius 1 is 0.393 bits per heavy atom. The van der Waals surface area contributed by atoms with E-state index in [1.165, 1.54) is 205 Å². The Kier molecular flexibility index (Phi) is 67.3. The van der Waals surface area contributed by atoms with Crippen LogP contribution in [0.4, 0.5) is 0 Å². The number of nitrogens with zero attached hydrogens (tertiary/aromatic N) is 1. The molecule has 9 heteroatoms. The first-order valence-corrected chi connectivity index (χ1v) is 39.2. The van der Waals surface area contributed by atoms with Gasteiger partial charge in [-0.15, -0.1) is 0 Å². The third-order valence-corrected chi connectivity index (χ3v) is 17.8. The maximum atomic E-state index is 13.1. The lowest BCUT2D eigenvalue weighted by atomic mass is 10.0. The summed E-state index contributed by atoms with van der Waals surface area (Å²) in [6.07, 6.45) is 102. The topological polar surface area (TPSA) is 105 Å². The average molecular weight is 1260 g/mol. The van der Waals surface area contributed by atoms with Crippen molar-refractivity contribution < 1.29 is 32.9 Å². The van der Waals surface area contributed by atoms with Crippen molar-refractivity contribution in [1.29, 1.82) is 0 Å².